The number of hydrogen-bond donors (Lipinski definition) is 2. The number of fused-ring (bicyclic) bond motifs is 3. The van der Waals surface area contributed by atoms with Crippen LogP contribution in [0.15, 0.2) is 48.5 Å². The smallest absolute Gasteiger partial charge is 0.407 e. The Labute approximate surface area is 175 Å². The number of nitrogens with one attached hydrogen (secondary N) is 1. The van der Waals surface area contributed by atoms with Gasteiger partial charge in [0.05, 0.1) is 0 Å². The summed E-state index contributed by atoms with van der Waals surface area (Å²) in [5.41, 5.74) is 4.56. The highest BCUT2D eigenvalue weighted by Crippen LogP contribution is 2.44. The van der Waals surface area contributed by atoms with E-state index in [4.69, 9.17) is 4.74 Å². The zero-order valence-corrected chi connectivity index (χ0v) is 17.6. The molecule has 0 heterocycles. The van der Waals surface area contributed by atoms with E-state index in [9.17, 15) is 14.7 Å². The molecule has 2 aromatic rings. The van der Waals surface area contributed by atoms with Crippen LogP contribution in [0.25, 0.3) is 11.1 Å². The highest BCUT2D eigenvalue weighted by molar-refractivity contribution is 7.99. The topological polar surface area (TPSA) is 75.6 Å². The summed E-state index contributed by atoms with van der Waals surface area (Å²) in [6, 6.07) is 15.2. The minimum atomic E-state index is -1.05. The van der Waals surface area contributed by atoms with Crippen molar-refractivity contribution in [3.8, 4) is 11.1 Å². The van der Waals surface area contributed by atoms with Gasteiger partial charge in [-0.2, -0.15) is 11.8 Å². The Morgan fingerprint density at radius 3 is 2.21 bits per heavy atom. The molecule has 1 amide bonds. The van der Waals surface area contributed by atoms with E-state index in [1.54, 1.807) is 0 Å². The largest absolute Gasteiger partial charge is 0.480 e. The monoisotopic (exact) mass is 413 g/mol. The zero-order valence-electron chi connectivity index (χ0n) is 16.8. The van der Waals surface area contributed by atoms with E-state index in [1.165, 1.54) is 11.8 Å². The molecule has 0 radical (unpaired) electrons. The van der Waals surface area contributed by atoms with Gasteiger partial charge in [-0.15, -0.1) is 0 Å². The Morgan fingerprint density at radius 2 is 1.66 bits per heavy atom. The summed E-state index contributed by atoms with van der Waals surface area (Å²) >= 11 is 1.53. The van der Waals surface area contributed by atoms with Gasteiger partial charge in [-0.25, -0.2) is 9.59 Å². The van der Waals surface area contributed by atoms with Gasteiger partial charge in [0.15, 0.2) is 0 Å². The van der Waals surface area contributed by atoms with Gasteiger partial charge in [0, 0.05) is 11.7 Å². The number of carboxylic acid groups (broad SMARTS) is 1. The number of carboxylic acids is 1. The van der Waals surface area contributed by atoms with Crippen molar-refractivity contribution in [2.24, 2.45) is 5.92 Å². The molecule has 0 unspecified atom stereocenters. The fourth-order valence-electron chi connectivity index (χ4n) is 3.48. The lowest BCUT2D eigenvalue weighted by molar-refractivity contribution is -0.138. The molecule has 1 aliphatic rings. The molecule has 0 saturated heterocycles. The molecule has 0 aromatic heterocycles. The van der Waals surface area contributed by atoms with Crippen LogP contribution in [-0.4, -0.2) is 41.3 Å². The number of aliphatic carboxylic acids is 1. The third-order valence-corrected chi connectivity index (χ3v) is 6.15. The Bertz CT molecular complexity index is 822. The lowest BCUT2D eigenvalue weighted by atomic mass is 9.98. The van der Waals surface area contributed by atoms with Crippen molar-refractivity contribution >= 4 is 23.8 Å². The predicted octanol–water partition coefficient (Wildman–Crippen LogP) is 4.76. The van der Waals surface area contributed by atoms with Crippen LogP contribution in [0.3, 0.4) is 0 Å². The molecule has 1 atom stereocenters. The summed E-state index contributed by atoms with van der Waals surface area (Å²) in [6.45, 7) is 4.43. The van der Waals surface area contributed by atoms with E-state index in [-0.39, 0.29) is 12.5 Å². The standard InChI is InChI=1S/C23H27NO4S/c1-15(2)11-12-29-14-21(22(25)26)24-23(27)28-13-20-18-9-5-3-7-16(18)17-8-4-6-10-19(17)20/h3-10,15,20-21H,11-14H2,1-2H3,(H,24,27)(H,25,26)/t21-/m1/s1. The minimum Gasteiger partial charge on any atom is -0.480 e. The lowest BCUT2D eigenvalue weighted by Crippen LogP contribution is -2.43. The van der Waals surface area contributed by atoms with E-state index in [2.05, 4.69) is 31.3 Å². The van der Waals surface area contributed by atoms with Crippen LogP contribution in [0.2, 0.25) is 0 Å². The maximum atomic E-state index is 12.3. The molecular formula is C23H27NO4S. The SMILES string of the molecule is CC(C)CCSC[C@@H](NC(=O)OCC1c2ccccc2-c2ccccc21)C(=O)O. The summed E-state index contributed by atoms with van der Waals surface area (Å²) in [5, 5.41) is 11.9. The van der Waals surface area contributed by atoms with E-state index in [1.807, 2.05) is 36.4 Å². The molecule has 5 nitrogen and oxygen atoms in total. The first-order chi connectivity index (χ1) is 14.0. The molecule has 2 aromatic carbocycles. The van der Waals surface area contributed by atoms with Crippen LogP contribution in [-0.2, 0) is 9.53 Å². The number of carbonyl (C=O) groups excluding carboxylic acids is 1. The summed E-state index contributed by atoms with van der Waals surface area (Å²) in [4.78, 5) is 23.7. The minimum absolute atomic E-state index is 0.0446. The summed E-state index contributed by atoms with van der Waals surface area (Å²) in [7, 11) is 0. The van der Waals surface area contributed by atoms with Crippen molar-refractivity contribution < 1.29 is 19.4 Å². The number of carbonyl (C=O) groups is 2. The normalized spacial score (nSPS) is 13.6. The number of alkyl carbamates (subject to hydrolysis) is 1. The molecule has 2 N–H and O–H groups in total. The van der Waals surface area contributed by atoms with Crippen LogP contribution < -0.4 is 5.32 Å². The van der Waals surface area contributed by atoms with Gasteiger partial charge in [-0.3, -0.25) is 0 Å². The second-order valence-corrected chi connectivity index (χ2v) is 8.77. The van der Waals surface area contributed by atoms with Crippen molar-refractivity contribution in [3.63, 3.8) is 0 Å². The van der Waals surface area contributed by atoms with Crippen molar-refractivity contribution in [2.75, 3.05) is 18.1 Å². The van der Waals surface area contributed by atoms with E-state index >= 15 is 0 Å². The maximum absolute atomic E-state index is 12.3. The molecule has 154 valence electrons. The average Bonchev–Trinajstić information content (AvgIpc) is 3.02. The molecule has 29 heavy (non-hydrogen) atoms. The molecule has 0 aliphatic heterocycles. The molecular weight excluding hydrogens is 386 g/mol. The Morgan fingerprint density at radius 1 is 1.07 bits per heavy atom. The van der Waals surface area contributed by atoms with Crippen LogP contribution in [0.1, 0.15) is 37.3 Å². The first kappa shape index (κ1) is 21.2. The van der Waals surface area contributed by atoms with Crippen LogP contribution in [0.5, 0.6) is 0 Å². The third-order valence-electron chi connectivity index (χ3n) is 5.06. The number of hydrogen-bond acceptors (Lipinski definition) is 4. The molecule has 0 bridgehead atoms. The number of thioether (sulfide) groups is 1. The summed E-state index contributed by atoms with van der Waals surface area (Å²) in [5.74, 6) is 0.674. The van der Waals surface area contributed by atoms with Gasteiger partial charge in [-0.05, 0) is 40.3 Å². The van der Waals surface area contributed by atoms with Crippen LogP contribution in [0, 0.1) is 5.92 Å². The van der Waals surface area contributed by atoms with Crippen molar-refractivity contribution in [1.29, 1.82) is 0 Å². The molecule has 0 fully saturated rings. The van der Waals surface area contributed by atoms with Crippen molar-refractivity contribution in [1.82, 2.24) is 5.32 Å². The highest BCUT2D eigenvalue weighted by Gasteiger charge is 2.29. The quantitative estimate of drug-likeness (QED) is 0.580. The summed E-state index contributed by atoms with van der Waals surface area (Å²) < 4.78 is 5.44. The van der Waals surface area contributed by atoms with Gasteiger partial charge in [-0.1, -0.05) is 62.4 Å². The van der Waals surface area contributed by atoms with Crippen LogP contribution in [0.4, 0.5) is 4.79 Å². The van der Waals surface area contributed by atoms with Crippen molar-refractivity contribution in [3.05, 3.63) is 59.7 Å². The van der Waals surface area contributed by atoms with Gasteiger partial charge in [0.2, 0.25) is 0 Å². The molecule has 1 aliphatic carbocycles. The number of amides is 1. The molecule has 0 spiro atoms. The second-order valence-electron chi connectivity index (χ2n) is 7.62. The van der Waals surface area contributed by atoms with E-state index in [0.29, 0.717) is 11.7 Å². The van der Waals surface area contributed by atoms with Crippen LogP contribution >= 0.6 is 11.8 Å². The van der Waals surface area contributed by atoms with E-state index in [0.717, 1.165) is 34.4 Å². The number of ether oxygens (including phenoxy) is 1. The molecule has 0 saturated carbocycles. The highest BCUT2D eigenvalue weighted by atomic mass is 32.2. The first-order valence-corrected chi connectivity index (χ1v) is 11.0. The van der Waals surface area contributed by atoms with Gasteiger partial charge in [0.25, 0.3) is 0 Å². The zero-order chi connectivity index (χ0) is 20.8. The second kappa shape index (κ2) is 9.83. The van der Waals surface area contributed by atoms with E-state index < -0.39 is 18.1 Å². The van der Waals surface area contributed by atoms with Crippen molar-refractivity contribution in [2.45, 2.75) is 32.2 Å². The fraction of sp³-hybridized carbons (Fsp3) is 0.391. The number of benzene rings is 2. The Hall–Kier alpha value is -2.47. The van der Waals surface area contributed by atoms with Gasteiger partial charge >= 0.3 is 12.1 Å². The fourth-order valence-corrected chi connectivity index (χ4v) is 4.74. The average molecular weight is 414 g/mol. The van der Waals surface area contributed by atoms with Gasteiger partial charge in [0.1, 0.15) is 12.6 Å². The third kappa shape index (κ3) is 5.32. The Kier molecular flexibility index (Phi) is 7.20. The predicted molar refractivity (Wildman–Crippen MR) is 116 cm³/mol. The maximum Gasteiger partial charge on any atom is 0.407 e. The Balaban J connectivity index is 1.58. The lowest BCUT2D eigenvalue weighted by Gasteiger charge is -2.17. The molecule has 6 heteroatoms. The first-order valence-electron chi connectivity index (χ1n) is 9.89. The van der Waals surface area contributed by atoms with Gasteiger partial charge < -0.3 is 15.2 Å². The molecule has 3 rings (SSSR count). The summed E-state index contributed by atoms with van der Waals surface area (Å²) in [6.07, 6.45) is 0.325. The number of rotatable bonds is 9.